The zero-order valence-electron chi connectivity index (χ0n) is 19.8. The number of para-hydroxylation sites is 1. The van der Waals surface area contributed by atoms with Gasteiger partial charge in [0.2, 0.25) is 0 Å². The summed E-state index contributed by atoms with van der Waals surface area (Å²) in [6, 6.07) is 47.1. The van der Waals surface area contributed by atoms with Crippen LogP contribution >= 0.6 is 12.6 Å². The number of rotatable bonds is 5. The highest BCUT2D eigenvalue weighted by molar-refractivity contribution is 7.80. The molecule has 172 valence electrons. The average Bonchev–Trinajstić information content (AvgIpc) is 2.93. The summed E-state index contributed by atoms with van der Waals surface area (Å²) in [6.07, 6.45) is 4.36. The first-order valence-corrected chi connectivity index (χ1v) is 12.5. The van der Waals surface area contributed by atoms with Gasteiger partial charge in [-0.1, -0.05) is 78.9 Å². The molecule has 0 aliphatic heterocycles. The molecule has 0 radical (unpaired) electrons. The Balaban J connectivity index is 1.28. The molecule has 0 aliphatic rings. The molecular formula is C34H25NS. The Morgan fingerprint density at radius 1 is 0.417 bits per heavy atom. The molecule has 6 aromatic rings. The molecule has 0 aliphatic carbocycles. The van der Waals surface area contributed by atoms with Crippen molar-refractivity contribution in [2.75, 3.05) is 4.90 Å². The van der Waals surface area contributed by atoms with Gasteiger partial charge in [0, 0.05) is 22.0 Å². The molecule has 0 heterocycles. The van der Waals surface area contributed by atoms with E-state index in [0.29, 0.717) is 0 Å². The van der Waals surface area contributed by atoms with Crippen LogP contribution in [0.1, 0.15) is 11.1 Å². The summed E-state index contributed by atoms with van der Waals surface area (Å²) in [7, 11) is 0. The smallest absolute Gasteiger partial charge is 0.0462 e. The normalized spacial score (nSPS) is 11.4. The number of hydrogen-bond donors (Lipinski definition) is 1. The van der Waals surface area contributed by atoms with Crippen molar-refractivity contribution >= 4 is 63.4 Å². The van der Waals surface area contributed by atoms with E-state index in [4.69, 9.17) is 0 Å². The van der Waals surface area contributed by atoms with Gasteiger partial charge in [0.1, 0.15) is 0 Å². The molecule has 6 rings (SSSR count). The van der Waals surface area contributed by atoms with Crippen molar-refractivity contribution in [3.8, 4) is 0 Å². The fourth-order valence-corrected chi connectivity index (χ4v) is 4.76. The minimum atomic E-state index is 0.953. The van der Waals surface area contributed by atoms with E-state index < -0.39 is 0 Å². The minimum Gasteiger partial charge on any atom is -0.311 e. The molecule has 0 bridgehead atoms. The number of thiol groups is 1. The molecular weight excluding hydrogens is 454 g/mol. The predicted molar refractivity (Wildman–Crippen MR) is 159 cm³/mol. The van der Waals surface area contributed by atoms with Crippen LogP contribution in [0.4, 0.5) is 17.1 Å². The zero-order valence-corrected chi connectivity index (χ0v) is 20.6. The molecule has 0 atom stereocenters. The van der Waals surface area contributed by atoms with Crippen molar-refractivity contribution in [2.45, 2.75) is 4.90 Å². The summed E-state index contributed by atoms with van der Waals surface area (Å²) in [5, 5.41) is 5.08. The highest BCUT2D eigenvalue weighted by Gasteiger charge is 2.11. The second-order valence-electron chi connectivity index (χ2n) is 8.92. The third kappa shape index (κ3) is 4.64. The third-order valence-electron chi connectivity index (χ3n) is 6.47. The van der Waals surface area contributed by atoms with Crippen LogP contribution in [0.25, 0.3) is 33.7 Å². The summed E-state index contributed by atoms with van der Waals surface area (Å²) in [4.78, 5) is 3.21. The zero-order chi connectivity index (χ0) is 24.3. The molecule has 0 saturated carbocycles. The Morgan fingerprint density at radius 3 is 1.61 bits per heavy atom. The fourth-order valence-electron chi connectivity index (χ4n) is 4.62. The number of hydrogen-bond acceptors (Lipinski definition) is 2. The van der Waals surface area contributed by atoms with Crippen molar-refractivity contribution in [3.05, 3.63) is 145 Å². The van der Waals surface area contributed by atoms with Gasteiger partial charge in [0.15, 0.2) is 0 Å². The molecule has 6 aromatic carbocycles. The van der Waals surface area contributed by atoms with Gasteiger partial charge >= 0.3 is 0 Å². The van der Waals surface area contributed by atoms with Gasteiger partial charge in [0.05, 0.1) is 0 Å². The van der Waals surface area contributed by atoms with E-state index >= 15 is 0 Å². The Kier molecular flexibility index (Phi) is 6.03. The van der Waals surface area contributed by atoms with Crippen LogP contribution < -0.4 is 4.90 Å². The summed E-state index contributed by atoms with van der Waals surface area (Å²) in [5.41, 5.74) is 5.70. The lowest BCUT2D eigenvalue weighted by atomic mass is 10.0. The van der Waals surface area contributed by atoms with E-state index in [2.05, 4.69) is 145 Å². The quantitative estimate of drug-likeness (QED) is 0.146. The molecule has 0 amide bonds. The first kappa shape index (κ1) is 22.2. The number of nitrogens with zero attached hydrogens (tertiary/aromatic N) is 1. The number of anilines is 3. The van der Waals surface area contributed by atoms with E-state index in [9.17, 15) is 0 Å². The van der Waals surface area contributed by atoms with Crippen LogP contribution in [-0.2, 0) is 0 Å². The average molecular weight is 480 g/mol. The lowest BCUT2D eigenvalue weighted by molar-refractivity contribution is 1.27. The number of benzene rings is 6. The highest BCUT2D eigenvalue weighted by Crippen LogP contribution is 2.35. The Bertz CT molecular complexity index is 1670. The molecule has 0 N–H and O–H groups in total. The van der Waals surface area contributed by atoms with E-state index in [1.54, 1.807) is 0 Å². The van der Waals surface area contributed by atoms with Crippen molar-refractivity contribution in [1.29, 1.82) is 0 Å². The van der Waals surface area contributed by atoms with Gasteiger partial charge in [-0.3, -0.25) is 0 Å². The first-order valence-electron chi connectivity index (χ1n) is 12.1. The van der Waals surface area contributed by atoms with Crippen LogP contribution in [0.3, 0.4) is 0 Å². The molecule has 0 unspecified atom stereocenters. The second-order valence-corrected chi connectivity index (χ2v) is 9.43. The van der Waals surface area contributed by atoms with Gasteiger partial charge in [-0.25, -0.2) is 0 Å². The predicted octanol–water partition coefficient (Wildman–Crippen LogP) is 9.92. The molecule has 0 saturated heterocycles. The molecule has 2 heteroatoms. The maximum absolute atomic E-state index is 4.45. The monoisotopic (exact) mass is 479 g/mol. The van der Waals surface area contributed by atoms with Gasteiger partial charge < -0.3 is 4.90 Å². The Labute approximate surface area is 217 Å². The van der Waals surface area contributed by atoms with Gasteiger partial charge in [0.25, 0.3) is 0 Å². The van der Waals surface area contributed by atoms with Crippen molar-refractivity contribution in [2.24, 2.45) is 0 Å². The van der Waals surface area contributed by atoms with Crippen LogP contribution in [0.5, 0.6) is 0 Å². The van der Waals surface area contributed by atoms with Gasteiger partial charge in [-0.15, -0.1) is 12.6 Å². The number of fused-ring (bicyclic) bond motifs is 2. The molecule has 36 heavy (non-hydrogen) atoms. The summed E-state index contributed by atoms with van der Waals surface area (Å²) in [5.74, 6) is 0. The minimum absolute atomic E-state index is 0.953. The summed E-state index contributed by atoms with van der Waals surface area (Å²) < 4.78 is 0. The van der Waals surface area contributed by atoms with E-state index in [1.165, 1.54) is 27.1 Å². The summed E-state index contributed by atoms with van der Waals surface area (Å²) >= 11 is 4.45. The van der Waals surface area contributed by atoms with Crippen LogP contribution in [0.15, 0.2) is 138 Å². The van der Waals surface area contributed by atoms with Gasteiger partial charge in [-0.05, 0) is 99.4 Å². The van der Waals surface area contributed by atoms with Crippen LogP contribution in [0.2, 0.25) is 0 Å². The van der Waals surface area contributed by atoms with Crippen LogP contribution in [0, 0.1) is 0 Å². The third-order valence-corrected chi connectivity index (χ3v) is 6.77. The van der Waals surface area contributed by atoms with Crippen molar-refractivity contribution < 1.29 is 0 Å². The topological polar surface area (TPSA) is 3.24 Å². The highest BCUT2D eigenvalue weighted by atomic mass is 32.1. The van der Waals surface area contributed by atoms with Gasteiger partial charge in [-0.2, -0.15) is 0 Å². The van der Waals surface area contributed by atoms with Crippen molar-refractivity contribution in [1.82, 2.24) is 0 Å². The van der Waals surface area contributed by atoms with Crippen LogP contribution in [-0.4, -0.2) is 0 Å². The molecule has 1 nitrogen and oxygen atoms in total. The Morgan fingerprint density at radius 2 is 0.917 bits per heavy atom. The standard InChI is InChI=1S/C34H25NS/c36-34-20-18-33(19-21-34)35(31-8-2-1-3-9-31)32-16-13-25(14-17-32)10-11-26-12-15-29-23-27-6-4-5-7-28(27)24-30(29)22-26/h1-24,36H. The molecule has 0 spiro atoms. The first-order chi connectivity index (χ1) is 17.7. The van der Waals surface area contributed by atoms with E-state index in [1.807, 2.05) is 18.2 Å². The maximum atomic E-state index is 4.45. The van der Waals surface area contributed by atoms with Crippen molar-refractivity contribution in [3.63, 3.8) is 0 Å². The SMILES string of the molecule is Sc1ccc(N(c2ccccc2)c2ccc(C=Cc3ccc4cc5ccccc5cc4c3)cc2)cc1. The summed E-state index contributed by atoms with van der Waals surface area (Å²) in [6.45, 7) is 0. The second kappa shape index (κ2) is 9.77. The molecule has 0 fully saturated rings. The largest absolute Gasteiger partial charge is 0.311 e. The lowest BCUT2D eigenvalue weighted by Gasteiger charge is -2.25. The Hall–Kier alpha value is -4.27. The fraction of sp³-hybridized carbons (Fsp3) is 0. The lowest BCUT2D eigenvalue weighted by Crippen LogP contribution is -2.09. The maximum Gasteiger partial charge on any atom is 0.0462 e. The van der Waals surface area contributed by atoms with E-state index in [-0.39, 0.29) is 0 Å². The molecule has 0 aromatic heterocycles. The van der Waals surface area contributed by atoms with E-state index in [0.717, 1.165) is 27.5 Å².